The Morgan fingerprint density at radius 2 is 1.75 bits per heavy atom. The summed E-state index contributed by atoms with van der Waals surface area (Å²) < 4.78 is 23.9. The fourth-order valence-electron chi connectivity index (χ4n) is 3.32. The summed E-state index contributed by atoms with van der Waals surface area (Å²) in [6.07, 6.45) is 7.21. The zero-order valence-electron chi connectivity index (χ0n) is 12.2. The van der Waals surface area contributed by atoms with Crippen LogP contribution in [0.25, 0.3) is 0 Å². The molecule has 0 aliphatic carbocycles. The second-order valence-electron chi connectivity index (χ2n) is 6.03. The second kappa shape index (κ2) is 6.76. The van der Waals surface area contributed by atoms with Gasteiger partial charge in [0.15, 0.2) is 9.84 Å². The maximum Gasteiger partial charge on any atom is 0.156 e. The average molecular weight is 296 g/mol. The Balaban J connectivity index is 1.80. The molecular weight excluding hydrogens is 272 g/mol. The molecule has 2 aliphatic rings. The molecule has 2 fully saturated rings. The van der Waals surface area contributed by atoms with Crippen molar-refractivity contribution < 1.29 is 13.2 Å². The van der Waals surface area contributed by atoms with Gasteiger partial charge in [0, 0.05) is 12.3 Å². The van der Waals surface area contributed by atoms with Gasteiger partial charge in [0.05, 0.1) is 16.9 Å². The minimum atomic E-state index is -2.92. The monoisotopic (exact) mass is 296 g/mol. The average Bonchev–Trinajstić information content (AvgIpc) is 2.61. The molecular formula is C16H24O3S. The van der Waals surface area contributed by atoms with Crippen molar-refractivity contribution in [3.8, 4) is 11.8 Å². The van der Waals surface area contributed by atoms with Gasteiger partial charge in [-0.2, -0.15) is 0 Å². The lowest BCUT2D eigenvalue weighted by Crippen LogP contribution is -2.35. The first kappa shape index (κ1) is 15.6. The maximum atomic E-state index is 12.1. The molecule has 2 saturated heterocycles. The predicted octanol–water partition coefficient (Wildman–Crippen LogP) is 2.89. The van der Waals surface area contributed by atoms with Crippen molar-refractivity contribution in [2.24, 2.45) is 5.92 Å². The van der Waals surface area contributed by atoms with Crippen molar-refractivity contribution in [3.05, 3.63) is 0 Å². The summed E-state index contributed by atoms with van der Waals surface area (Å²) in [6, 6.07) is 0. The molecule has 2 aliphatic heterocycles. The topological polar surface area (TPSA) is 51.2 Å². The molecule has 0 aromatic rings. The van der Waals surface area contributed by atoms with E-state index in [0.29, 0.717) is 19.3 Å². The first-order chi connectivity index (χ1) is 9.55. The van der Waals surface area contributed by atoms with Crippen molar-refractivity contribution in [1.29, 1.82) is 0 Å². The molecule has 2 rings (SSSR count). The van der Waals surface area contributed by atoms with Crippen LogP contribution in [0.15, 0.2) is 0 Å². The number of unbranched alkanes of at least 4 members (excludes halogenated alkanes) is 3. The van der Waals surface area contributed by atoms with Crippen LogP contribution in [0.1, 0.15) is 64.7 Å². The standard InChI is InChI=1S/C16H24O3S/c1-2-3-4-5-6-7-8-16(17)13-11-14-9-10-15(12-13)20(14,18)19/h13-15H,2-5,8-12H2,1H3. The summed E-state index contributed by atoms with van der Waals surface area (Å²) in [5, 5.41) is -0.513. The summed E-state index contributed by atoms with van der Waals surface area (Å²) >= 11 is 0. The molecule has 4 heteroatoms. The van der Waals surface area contributed by atoms with E-state index in [4.69, 9.17) is 0 Å². The lowest BCUT2D eigenvalue weighted by atomic mass is 9.93. The molecule has 0 radical (unpaired) electrons. The van der Waals surface area contributed by atoms with Crippen molar-refractivity contribution in [2.75, 3.05) is 0 Å². The molecule has 2 atom stereocenters. The molecule has 0 amide bonds. The highest BCUT2D eigenvalue weighted by Crippen LogP contribution is 2.41. The number of rotatable bonds is 5. The SMILES string of the molecule is CCCCCC#CCC(=O)C1CC2CCC(C1)S2(=O)=O. The fourth-order valence-corrected chi connectivity index (χ4v) is 5.79. The molecule has 2 bridgehead atoms. The van der Waals surface area contributed by atoms with Crippen LogP contribution in [0, 0.1) is 17.8 Å². The fraction of sp³-hybridized carbons (Fsp3) is 0.812. The highest BCUT2D eigenvalue weighted by Gasteiger charge is 2.48. The van der Waals surface area contributed by atoms with Gasteiger partial charge in [0.2, 0.25) is 0 Å². The van der Waals surface area contributed by atoms with Gasteiger partial charge in [-0.05, 0) is 32.1 Å². The van der Waals surface area contributed by atoms with Gasteiger partial charge in [-0.25, -0.2) is 8.42 Å². The minimum Gasteiger partial charge on any atom is -0.298 e. The number of sulfone groups is 1. The normalized spacial score (nSPS) is 30.6. The van der Waals surface area contributed by atoms with Gasteiger partial charge >= 0.3 is 0 Å². The Bertz CT molecular complexity index is 490. The van der Waals surface area contributed by atoms with Crippen molar-refractivity contribution in [3.63, 3.8) is 0 Å². The first-order valence-corrected chi connectivity index (χ1v) is 9.37. The van der Waals surface area contributed by atoms with Crippen molar-refractivity contribution >= 4 is 15.6 Å². The van der Waals surface area contributed by atoms with Crippen molar-refractivity contribution in [1.82, 2.24) is 0 Å². The summed E-state index contributed by atoms with van der Waals surface area (Å²) in [7, 11) is -2.92. The molecule has 112 valence electrons. The van der Waals surface area contributed by atoms with E-state index in [1.54, 1.807) is 0 Å². The Labute approximate surface area is 122 Å². The van der Waals surface area contributed by atoms with E-state index in [2.05, 4.69) is 18.8 Å². The van der Waals surface area contributed by atoms with Gasteiger partial charge in [-0.15, -0.1) is 5.92 Å². The lowest BCUT2D eigenvalue weighted by Gasteiger charge is -2.26. The molecule has 0 aromatic carbocycles. The Hall–Kier alpha value is -0.820. The summed E-state index contributed by atoms with van der Waals surface area (Å²) in [4.78, 5) is 12.1. The summed E-state index contributed by atoms with van der Waals surface area (Å²) in [5.41, 5.74) is 0. The zero-order valence-corrected chi connectivity index (χ0v) is 13.0. The molecule has 20 heavy (non-hydrogen) atoms. The molecule has 0 aromatic heterocycles. The highest BCUT2D eigenvalue weighted by atomic mass is 32.2. The van der Waals surface area contributed by atoms with E-state index in [9.17, 15) is 13.2 Å². The number of carbonyl (C=O) groups is 1. The third-order valence-corrected chi connectivity index (χ3v) is 7.30. The van der Waals surface area contributed by atoms with E-state index in [0.717, 1.165) is 25.7 Å². The van der Waals surface area contributed by atoms with E-state index >= 15 is 0 Å². The van der Waals surface area contributed by atoms with Crippen LogP contribution < -0.4 is 0 Å². The smallest absolute Gasteiger partial charge is 0.156 e. The van der Waals surface area contributed by atoms with Gasteiger partial charge in [-0.1, -0.05) is 25.7 Å². The number of ketones is 1. The number of hydrogen-bond donors (Lipinski definition) is 0. The maximum absolute atomic E-state index is 12.1. The van der Waals surface area contributed by atoms with Crippen LogP contribution in [-0.2, 0) is 14.6 Å². The minimum absolute atomic E-state index is 0.0685. The highest BCUT2D eigenvalue weighted by molar-refractivity contribution is 7.93. The number of hydrogen-bond acceptors (Lipinski definition) is 3. The molecule has 0 saturated carbocycles. The third kappa shape index (κ3) is 3.44. The lowest BCUT2D eigenvalue weighted by molar-refractivity contribution is -0.122. The van der Waals surface area contributed by atoms with Crippen molar-refractivity contribution in [2.45, 2.75) is 75.2 Å². The van der Waals surface area contributed by atoms with Crippen LogP contribution in [0.3, 0.4) is 0 Å². The molecule has 0 N–H and O–H groups in total. The zero-order chi connectivity index (χ0) is 14.6. The van der Waals surface area contributed by atoms with Gasteiger partial charge in [-0.3, -0.25) is 4.79 Å². The van der Waals surface area contributed by atoms with E-state index < -0.39 is 9.84 Å². The molecule has 2 unspecified atom stereocenters. The molecule has 3 nitrogen and oxygen atoms in total. The Kier molecular flexibility index (Phi) is 5.26. The predicted molar refractivity (Wildman–Crippen MR) is 80.0 cm³/mol. The third-order valence-electron chi connectivity index (χ3n) is 4.58. The van der Waals surface area contributed by atoms with Crippen LogP contribution in [0.5, 0.6) is 0 Å². The van der Waals surface area contributed by atoms with Gasteiger partial charge in [0.1, 0.15) is 5.78 Å². The number of Topliss-reactive ketones (excluding diaryl/α,β-unsaturated/α-hetero) is 1. The van der Waals surface area contributed by atoms with Crippen LogP contribution in [0.2, 0.25) is 0 Å². The van der Waals surface area contributed by atoms with Gasteiger partial charge < -0.3 is 0 Å². The molecule has 2 heterocycles. The van der Waals surface area contributed by atoms with E-state index in [1.807, 2.05) is 0 Å². The number of carbonyl (C=O) groups excluding carboxylic acids is 1. The van der Waals surface area contributed by atoms with Gasteiger partial charge in [0.25, 0.3) is 0 Å². The van der Waals surface area contributed by atoms with Crippen LogP contribution in [0.4, 0.5) is 0 Å². The van der Waals surface area contributed by atoms with E-state index in [1.165, 1.54) is 12.8 Å². The largest absolute Gasteiger partial charge is 0.298 e. The molecule has 0 spiro atoms. The Morgan fingerprint density at radius 3 is 2.35 bits per heavy atom. The summed E-state index contributed by atoms with van der Waals surface area (Å²) in [6.45, 7) is 2.16. The summed E-state index contributed by atoms with van der Waals surface area (Å²) in [5.74, 6) is 6.10. The van der Waals surface area contributed by atoms with Crippen LogP contribution in [-0.4, -0.2) is 24.7 Å². The van der Waals surface area contributed by atoms with Crippen LogP contribution >= 0.6 is 0 Å². The first-order valence-electron chi connectivity index (χ1n) is 7.76. The van der Waals surface area contributed by atoms with E-state index in [-0.39, 0.29) is 22.2 Å². The second-order valence-corrected chi connectivity index (χ2v) is 8.54. The quantitative estimate of drug-likeness (QED) is 0.579. The Morgan fingerprint density at radius 1 is 1.10 bits per heavy atom. The number of fused-ring (bicyclic) bond motifs is 2.